The molecule has 0 aromatic heterocycles. The predicted molar refractivity (Wildman–Crippen MR) is 98.3 cm³/mol. The topological polar surface area (TPSA) is 38.3 Å². The van der Waals surface area contributed by atoms with Gasteiger partial charge in [-0.2, -0.15) is 0 Å². The highest BCUT2D eigenvalue weighted by Crippen LogP contribution is 2.18. The smallest absolute Gasteiger partial charge is 0.220 e. The highest BCUT2D eigenvalue weighted by atomic mass is 16.5. The van der Waals surface area contributed by atoms with E-state index >= 15 is 0 Å². The van der Waals surface area contributed by atoms with Gasteiger partial charge in [0.2, 0.25) is 5.91 Å². The molecular weight excluding hydrogens is 298 g/mol. The molecule has 1 amide bonds. The number of nitrogens with one attached hydrogen (secondary N) is 1. The minimum atomic E-state index is 0.0307. The first-order valence-corrected chi connectivity index (χ1v) is 8.63. The first-order valence-electron chi connectivity index (χ1n) is 8.63. The standard InChI is InChI=1S/C21H27NO2/c1-16(2)18-11-13-20(14-12-18)24-15-7-10-21(23)22-17(3)19-8-5-4-6-9-19/h4-6,8-9,11-14,16-17H,7,10,15H2,1-3H3,(H,22,23). The SMILES string of the molecule is CC(C)c1ccc(OCCCC(=O)NC(C)c2ccccc2)cc1. The van der Waals surface area contributed by atoms with Crippen LogP contribution >= 0.6 is 0 Å². The Morgan fingerprint density at radius 2 is 1.62 bits per heavy atom. The van der Waals surface area contributed by atoms with Gasteiger partial charge in [0.15, 0.2) is 0 Å². The molecule has 0 aliphatic rings. The molecule has 3 nitrogen and oxygen atoms in total. The van der Waals surface area contributed by atoms with Gasteiger partial charge in [-0.15, -0.1) is 0 Å². The van der Waals surface area contributed by atoms with Gasteiger partial charge in [0.25, 0.3) is 0 Å². The fourth-order valence-electron chi connectivity index (χ4n) is 2.51. The molecule has 128 valence electrons. The van der Waals surface area contributed by atoms with Crippen molar-refractivity contribution in [3.8, 4) is 5.75 Å². The third-order valence-corrected chi connectivity index (χ3v) is 4.04. The van der Waals surface area contributed by atoms with E-state index in [1.54, 1.807) is 0 Å². The number of ether oxygens (including phenoxy) is 1. The number of benzene rings is 2. The summed E-state index contributed by atoms with van der Waals surface area (Å²) in [4.78, 5) is 12.0. The van der Waals surface area contributed by atoms with Gasteiger partial charge in [-0.3, -0.25) is 4.79 Å². The number of carbonyl (C=O) groups excluding carboxylic acids is 1. The second-order valence-corrected chi connectivity index (χ2v) is 6.38. The molecule has 24 heavy (non-hydrogen) atoms. The minimum absolute atomic E-state index is 0.0307. The van der Waals surface area contributed by atoms with Crippen molar-refractivity contribution in [2.24, 2.45) is 0 Å². The van der Waals surface area contributed by atoms with Crippen LogP contribution in [0.1, 0.15) is 56.7 Å². The van der Waals surface area contributed by atoms with E-state index in [9.17, 15) is 4.79 Å². The van der Waals surface area contributed by atoms with Gasteiger partial charge in [0.1, 0.15) is 5.75 Å². The molecular formula is C21H27NO2. The van der Waals surface area contributed by atoms with E-state index in [0.717, 1.165) is 11.3 Å². The van der Waals surface area contributed by atoms with Crippen LogP contribution in [0.3, 0.4) is 0 Å². The van der Waals surface area contributed by atoms with Crippen molar-refractivity contribution in [2.75, 3.05) is 6.61 Å². The molecule has 0 radical (unpaired) electrons. The average Bonchev–Trinajstić information content (AvgIpc) is 2.60. The van der Waals surface area contributed by atoms with Crippen molar-refractivity contribution in [3.63, 3.8) is 0 Å². The van der Waals surface area contributed by atoms with Crippen LogP contribution in [0.2, 0.25) is 0 Å². The van der Waals surface area contributed by atoms with E-state index in [4.69, 9.17) is 4.74 Å². The van der Waals surface area contributed by atoms with E-state index in [2.05, 4.69) is 31.3 Å². The van der Waals surface area contributed by atoms with Crippen LogP contribution < -0.4 is 10.1 Å². The molecule has 0 saturated carbocycles. The molecule has 0 aliphatic carbocycles. The molecule has 0 aliphatic heterocycles. The van der Waals surface area contributed by atoms with Gasteiger partial charge < -0.3 is 10.1 Å². The summed E-state index contributed by atoms with van der Waals surface area (Å²) in [6, 6.07) is 18.2. The zero-order chi connectivity index (χ0) is 17.4. The average molecular weight is 325 g/mol. The van der Waals surface area contributed by atoms with E-state index in [0.29, 0.717) is 25.4 Å². The van der Waals surface area contributed by atoms with Crippen LogP contribution in [0.5, 0.6) is 5.75 Å². The monoisotopic (exact) mass is 325 g/mol. The Labute approximate surface area is 145 Å². The maximum absolute atomic E-state index is 12.0. The first kappa shape index (κ1) is 18.1. The van der Waals surface area contributed by atoms with Gasteiger partial charge in [0.05, 0.1) is 12.6 Å². The van der Waals surface area contributed by atoms with E-state index in [1.807, 2.05) is 49.4 Å². The number of hydrogen-bond acceptors (Lipinski definition) is 2. The third kappa shape index (κ3) is 5.73. The maximum Gasteiger partial charge on any atom is 0.220 e. The molecule has 1 N–H and O–H groups in total. The number of hydrogen-bond donors (Lipinski definition) is 1. The Hall–Kier alpha value is -2.29. The molecule has 1 unspecified atom stereocenters. The highest BCUT2D eigenvalue weighted by Gasteiger charge is 2.08. The molecule has 2 rings (SSSR count). The number of amides is 1. The van der Waals surface area contributed by atoms with Crippen LogP contribution in [0.15, 0.2) is 54.6 Å². The Kier molecular flexibility index (Phi) is 6.86. The molecule has 1 atom stereocenters. The molecule has 0 spiro atoms. The number of carbonyl (C=O) groups is 1. The highest BCUT2D eigenvalue weighted by molar-refractivity contribution is 5.76. The van der Waals surface area contributed by atoms with E-state index in [-0.39, 0.29) is 11.9 Å². The lowest BCUT2D eigenvalue weighted by Gasteiger charge is -2.14. The summed E-state index contributed by atoms with van der Waals surface area (Å²) >= 11 is 0. The lowest BCUT2D eigenvalue weighted by atomic mass is 10.0. The van der Waals surface area contributed by atoms with Gasteiger partial charge in [0, 0.05) is 6.42 Å². The predicted octanol–water partition coefficient (Wildman–Crippen LogP) is 4.85. The maximum atomic E-state index is 12.0. The fraction of sp³-hybridized carbons (Fsp3) is 0.381. The van der Waals surface area contributed by atoms with Gasteiger partial charge >= 0.3 is 0 Å². The summed E-state index contributed by atoms with van der Waals surface area (Å²) < 4.78 is 5.70. The van der Waals surface area contributed by atoms with Crippen LogP contribution in [0.25, 0.3) is 0 Å². The summed E-state index contributed by atoms with van der Waals surface area (Å²) in [7, 11) is 0. The first-order chi connectivity index (χ1) is 11.6. The van der Waals surface area contributed by atoms with Crippen LogP contribution in [0, 0.1) is 0 Å². The molecule has 0 bridgehead atoms. The Morgan fingerprint density at radius 1 is 0.958 bits per heavy atom. The largest absolute Gasteiger partial charge is 0.494 e. The van der Waals surface area contributed by atoms with Crippen LogP contribution in [-0.2, 0) is 4.79 Å². The van der Waals surface area contributed by atoms with Crippen molar-refractivity contribution in [2.45, 2.75) is 45.6 Å². The molecule has 2 aromatic rings. The zero-order valence-corrected chi connectivity index (χ0v) is 14.8. The summed E-state index contributed by atoms with van der Waals surface area (Å²) in [5, 5.41) is 3.02. The summed E-state index contributed by atoms with van der Waals surface area (Å²) in [5.41, 5.74) is 2.42. The Morgan fingerprint density at radius 3 is 2.25 bits per heavy atom. The minimum Gasteiger partial charge on any atom is -0.494 e. The van der Waals surface area contributed by atoms with Crippen molar-refractivity contribution < 1.29 is 9.53 Å². The zero-order valence-electron chi connectivity index (χ0n) is 14.8. The van der Waals surface area contributed by atoms with Crippen LogP contribution in [0.4, 0.5) is 0 Å². The second-order valence-electron chi connectivity index (χ2n) is 6.38. The van der Waals surface area contributed by atoms with Crippen LogP contribution in [-0.4, -0.2) is 12.5 Å². The summed E-state index contributed by atoms with van der Waals surface area (Å²) in [6.07, 6.45) is 1.18. The normalized spacial score (nSPS) is 12.0. The Balaban J connectivity index is 1.67. The third-order valence-electron chi connectivity index (χ3n) is 4.04. The van der Waals surface area contributed by atoms with E-state index in [1.165, 1.54) is 5.56 Å². The molecule has 0 fully saturated rings. The number of rotatable bonds is 8. The lowest BCUT2D eigenvalue weighted by Crippen LogP contribution is -2.26. The van der Waals surface area contributed by atoms with Gasteiger partial charge in [-0.25, -0.2) is 0 Å². The fourth-order valence-corrected chi connectivity index (χ4v) is 2.51. The second kappa shape index (κ2) is 9.11. The molecule has 2 aromatic carbocycles. The lowest BCUT2D eigenvalue weighted by molar-refractivity contribution is -0.121. The van der Waals surface area contributed by atoms with Crippen molar-refractivity contribution in [1.82, 2.24) is 5.32 Å². The van der Waals surface area contributed by atoms with Crippen molar-refractivity contribution in [1.29, 1.82) is 0 Å². The Bertz CT molecular complexity index is 620. The van der Waals surface area contributed by atoms with Gasteiger partial charge in [-0.05, 0) is 42.5 Å². The van der Waals surface area contributed by atoms with E-state index < -0.39 is 0 Å². The quantitative estimate of drug-likeness (QED) is 0.705. The summed E-state index contributed by atoms with van der Waals surface area (Å²) in [6.45, 7) is 6.89. The van der Waals surface area contributed by atoms with Crippen molar-refractivity contribution >= 4 is 5.91 Å². The molecule has 0 saturated heterocycles. The molecule has 3 heteroatoms. The molecule has 0 heterocycles. The van der Waals surface area contributed by atoms with Gasteiger partial charge in [-0.1, -0.05) is 56.3 Å². The van der Waals surface area contributed by atoms with Crippen molar-refractivity contribution in [3.05, 3.63) is 65.7 Å². The summed E-state index contributed by atoms with van der Waals surface area (Å²) in [5.74, 6) is 1.44.